The minimum atomic E-state index is -0.0652. The summed E-state index contributed by atoms with van der Waals surface area (Å²) in [4.78, 5) is 15.3. The zero-order chi connectivity index (χ0) is 13.4. The van der Waals surface area contributed by atoms with Crippen molar-refractivity contribution in [3.8, 4) is 0 Å². The van der Waals surface area contributed by atoms with Crippen LogP contribution in [0.5, 0.6) is 0 Å². The summed E-state index contributed by atoms with van der Waals surface area (Å²) in [5.41, 5.74) is 8.20. The van der Waals surface area contributed by atoms with Gasteiger partial charge in [0.1, 0.15) is 5.76 Å². The lowest BCUT2D eigenvalue weighted by Crippen LogP contribution is -2.01. The molecule has 0 saturated heterocycles. The number of carbonyl (C=O) groups is 1. The highest BCUT2D eigenvalue weighted by Gasteiger charge is 2.15. The highest BCUT2D eigenvalue weighted by Crippen LogP contribution is 2.22. The third-order valence-electron chi connectivity index (χ3n) is 3.26. The molecule has 2 heterocycles. The first kappa shape index (κ1) is 11.6. The first-order chi connectivity index (χ1) is 9.15. The summed E-state index contributed by atoms with van der Waals surface area (Å²) in [5, 5.41) is 1.06. The molecule has 3 aromatic rings. The first-order valence-electron chi connectivity index (χ1n) is 6.09. The lowest BCUT2D eigenvalue weighted by Gasteiger charge is -1.97. The molecular formula is C15H14N2O2. The lowest BCUT2D eigenvalue weighted by molar-refractivity contribution is 0.0965. The number of nitrogens with two attached hydrogens (primary N) is 1. The Kier molecular flexibility index (Phi) is 2.63. The first-order valence-corrected chi connectivity index (χ1v) is 6.09. The molecule has 0 radical (unpaired) electrons. The quantitative estimate of drug-likeness (QED) is 0.705. The second-order valence-corrected chi connectivity index (χ2v) is 4.58. The molecule has 0 spiro atoms. The summed E-state index contributed by atoms with van der Waals surface area (Å²) < 4.78 is 5.35. The fourth-order valence-electron chi connectivity index (χ4n) is 2.17. The Morgan fingerprint density at radius 2 is 2.16 bits per heavy atom. The normalized spacial score (nSPS) is 11.0. The molecule has 0 fully saturated rings. The van der Waals surface area contributed by atoms with Gasteiger partial charge in [0.15, 0.2) is 5.76 Å². The average Bonchev–Trinajstić information content (AvgIpc) is 2.95. The van der Waals surface area contributed by atoms with Crippen LogP contribution in [-0.2, 0) is 6.42 Å². The smallest absolute Gasteiger partial charge is 0.202 e. The van der Waals surface area contributed by atoms with Gasteiger partial charge in [0.05, 0.1) is 5.69 Å². The summed E-state index contributed by atoms with van der Waals surface area (Å²) >= 11 is 0. The summed E-state index contributed by atoms with van der Waals surface area (Å²) in [6.45, 7) is 1.75. The Morgan fingerprint density at radius 3 is 2.89 bits per heavy atom. The maximum Gasteiger partial charge on any atom is 0.202 e. The number of H-pyrrole nitrogens is 1. The van der Waals surface area contributed by atoms with Gasteiger partial charge in [-0.3, -0.25) is 4.79 Å². The molecule has 2 aromatic heterocycles. The number of ketones is 1. The van der Waals surface area contributed by atoms with Crippen molar-refractivity contribution in [1.29, 1.82) is 0 Å². The number of anilines is 1. The van der Waals surface area contributed by atoms with Crippen LogP contribution in [0.1, 0.15) is 21.9 Å². The minimum absolute atomic E-state index is 0.0652. The Hall–Kier alpha value is -2.49. The van der Waals surface area contributed by atoms with Crippen molar-refractivity contribution >= 4 is 22.4 Å². The minimum Gasteiger partial charge on any atom is -0.456 e. The highest BCUT2D eigenvalue weighted by molar-refractivity contribution is 5.98. The van der Waals surface area contributed by atoms with Gasteiger partial charge in [-0.05, 0) is 18.6 Å². The second-order valence-electron chi connectivity index (χ2n) is 4.58. The standard InChI is InChI=1S/C15H14N2O2/c1-9-12(16)7-15(19-9)14(18)6-10-8-17-13-5-3-2-4-11(10)13/h2-5,7-8,17H,6,16H2,1H3. The molecule has 4 heteroatoms. The van der Waals surface area contributed by atoms with Crippen LogP contribution in [0.15, 0.2) is 40.9 Å². The van der Waals surface area contributed by atoms with E-state index in [2.05, 4.69) is 4.98 Å². The Morgan fingerprint density at radius 1 is 1.37 bits per heavy atom. The molecule has 1 aromatic carbocycles. The zero-order valence-corrected chi connectivity index (χ0v) is 10.6. The fraction of sp³-hybridized carbons (Fsp3) is 0.133. The van der Waals surface area contributed by atoms with Crippen LogP contribution in [0.4, 0.5) is 5.69 Å². The van der Waals surface area contributed by atoms with Crippen LogP contribution in [0.3, 0.4) is 0 Å². The number of aryl methyl sites for hydroxylation is 1. The SMILES string of the molecule is Cc1oc(C(=O)Cc2c[nH]c3ccccc23)cc1N. The largest absolute Gasteiger partial charge is 0.456 e. The number of furan rings is 1. The molecule has 19 heavy (non-hydrogen) atoms. The van der Waals surface area contributed by atoms with Gasteiger partial charge in [-0.1, -0.05) is 18.2 Å². The van der Waals surface area contributed by atoms with E-state index in [1.165, 1.54) is 0 Å². The second kappa shape index (κ2) is 4.31. The lowest BCUT2D eigenvalue weighted by atomic mass is 10.1. The van der Waals surface area contributed by atoms with Crippen molar-refractivity contribution in [2.75, 3.05) is 5.73 Å². The Labute approximate surface area is 110 Å². The van der Waals surface area contributed by atoms with Gasteiger partial charge < -0.3 is 15.1 Å². The monoisotopic (exact) mass is 254 g/mol. The number of hydrogen-bond donors (Lipinski definition) is 2. The van der Waals surface area contributed by atoms with Gasteiger partial charge in [-0.2, -0.15) is 0 Å². The van der Waals surface area contributed by atoms with Crippen LogP contribution in [0, 0.1) is 6.92 Å². The molecule has 0 bridgehead atoms. The van der Waals surface area contributed by atoms with E-state index in [4.69, 9.17) is 10.2 Å². The molecule has 0 aliphatic heterocycles. The molecule has 0 aliphatic rings. The highest BCUT2D eigenvalue weighted by atomic mass is 16.3. The molecule has 0 unspecified atom stereocenters. The van der Waals surface area contributed by atoms with E-state index in [1.54, 1.807) is 13.0 Å². The van der Waals surface area contributed by atoms with Gasteiger partial charge in [0.2, 0.25) is 5.78 Å². The molecule has 0 amide bonds. The topological polar surface area (TPSA) is 72.0 Å². The summed E-state index contributed by atoms with van der Waals surface area (Å²) in [6.07, 6.45) is 2.16. The molecule has 3 N–H and O–H groups in total. The predicted molar refractivity (Wildman–Crippen MR) is 74.2 cm³/mol. The summed E-state index contributed by atoms with van der Waals surface area (Å²) in [7, 11) is 0. The number of para-hydroxylation sites is 1. The number of aromatic amines is 1. The van der Waals surface area contributed by atoms with Gasteiger partial charge in [0.25, 0.3) is 0 Å². The van der Waals surface area contributed by atoms with Crippen LogP contribution in [0.2, 0.25) is 0 Å². The van der Waals surface area contributed by atoms with Crippen molar-refractivity contribution in [2.45, 2.75) is 13.3 Å². The van der Waals surface area contributed by atoms with Gasteiger partial charge in [-0.15, -0.1) is 0 Å². The number of nitrogens with one attached hydrogen (secondary N) is 1. The molecule has 0 atom stereocenters. The molecule has 0 saturated carbocycles. The van der Waals surface area contributed by atoms with Gasteiger partial charge in [0, 0.05) is 29.6 Å². The number of rotatable bonds is 3. The summed E-state index contributed by atoms with van der Waals surface area (Å²) in [6, 6.07) is 9.49. The van der Waals surface area contributed by atoms with Crippen LogP contribution in [-0.4, -0.2) is 10.8 Å². The number of fused-ring (bicyclic) bond motifs is 1. The van der Waals surface area contributed by atoms with Crippen LogP contribution >= 0.6 is 0 Å². The molecular weight excluding hydrogens is 240 g/mol. The summed E-state index contributed by atoms with van der Waals surface area (Å²) in [5.74, 6) is 0.840. The zero-order valence-electron chi connectivity index (χ0n) is 10.6. The molecule has 96 valence electrons. The fourth-order valence-corrected chi connectivity index (χ4v) is 2.17. The van der Waals surface area contributed by atoms with Crippen molar-refractivity contribution in [3.63, 3.8) is 0 Å². The van der Waals surface area contributed by atoms with E-state index in [1.807, 2.05) is 30.5 Å². The van der Waals surface area contributed by atoms with E-state index in [9.17, 15) is 4.79 Å². The molecule has 4 nitrogen and oxygen atoms in total. The van der Waals surface area contributed by atoms with Gasteiger partial charge >= 0.3 is 0 Å². The van der Waals surface area contributed by atoms with Crippen molar-refractivity contribution < 1.29 is 9.21 Å². The van der Waals surface area contributed by atoms with E-state index in [-0.39, 0.29) is 5.78 Å². The number of carbonyl (C=O) groups excluding carboxylic acids is 1. The van der Waals surface area contributed by atoms with Crippen molar-refractivity contribution in [2.24, 2.45) is 0 Å². The van der Waals surface area contributed by atoms with E-state index in [0.717, 1.165) is 16.5 Å². The molecule has 0 aliphatic carbocycles. The maximum atomic E-state index is 12.2. The maximum absolute atomic E-state index is 12.2. The van der Waals surface area contributed by atoms with Crippen LogP contribution in [0.25, 0.3) is 10.9 Å². The molecule has 3 rings (SSSR count). The number of benzene rings is 1. The van der Waals surface area contributed by atoms with E-state index >= 15 is 0 Å². The van der Waals surface area contributed by atoms with E-state index in [0.29, 0.717) is 23.6 Å². The number of Topliss-reactive ketones (excluding diaryl/α,β-unsaturated/α-hetero) is 1. The van der Waals surface area contributed by atoms with Crippen LogP contribution < -0.4 is 5.73 Å². The Bertz CT molecular complexity index is 733. The predicted octanol–water partition coefficient (Wildman–Crippen LogP) is 3.08. The van der Waals surface area contributed by atoms with Gasteiger partial charge in [-0.25, -0.2) is 0 Å². The number of nitrogen functional groups attached to an aromatic ring is 1. The van der Waals surface area contributed by atoms with E-state index < -0.39 is 0 Å². The average molecular weight is 254 g/mol. The third-order valence-corrected chi connectivity index (χ3v) is 3.26. The van der Waals surface area contributed by atoms with Crippen molar-refractivity contribution in [1.82, 2.24) is 4.98 Å². The van der Waals surface area contributed by atoms with Crippen molar-refractivity contribution in [3.05, 3.63) is 53.6 Å². The Balaban J connectivity index is 1.90. The number of aromatic nitrogens is 1. The third kappa shape index (κ3) is 2.01. The number of hydrogen-bond acceptors (Lipinski definition) is 3.